The predicted octanol–water partition coefficient (Wildman–Crippen LogP) is 11.2. The fraction of sp³-hybridized carbons (Fsp3) is 0. The molecule has 0 saturated heterocycles. The van der Waals surface area contributed by atoms with Crippen molar-refractivity contribution in [1.82, 2.24) is 14.5 Å². The fourth-order valence-electron chi connectivity index (χ4n) is 6.78. The normalized spacial score (nSPS) is 12.0. The number of thiophene rings is 1. The third-order valence-corrected chi connectivity index (χ3v) is 9.97. The molecule has 0 amide bonds. The first-order chi connectivity index (χ1) is 22.3. The van der Waals surface area contributed by atoms with Crippen molar-refractivity contribution >= 4 is 75.4 Å². The molecule has 0 bridgehead atoms. The molecule has 0 unspecified atom stereocenters. The van der Waals surface area contributed by atoms with Crippen molar-refractivity contribution in [2.75, 3.05) is 0 Å². The van der Waals surface area contributed by atoms with Crippen molar-refractivity contribution < 1.29 is 4.42 Å². The van der Waals surface area contributed by atoms with E-state index in [4.69, 9.17) is 14.4 Å². The Labute approximate surface area is 261 Å². The first-order valence-electron chi connectivity index (χ1n) is 15.0. The van der Waals surface area contributed by atoms with Gasteiger partial charge in [0.05, 0.1) is 22.1 Å². The topological polar surface area (TPSA) is 43.9 Å². The van der Waals surface area contributed by atoms with Crippen molar-refractivity contribution in [3.63, 3.8) is 0 Å². The molecule has 210 valence electrons. The Morgan fingerprint density at radius 1 is 0.511 bits per heavy atom. The van der Waals surface area contributed by atoms with Crippen molar-refractivity contribution in [2.45, 2.75) is 0 Å². The minimum Gasteiger partial charge on any atom is -0.438 e. The number of rotatable bonds is 3. The molecule has 4 heterocycles. The van der Waals surface area contributed by atoms with Crippen LogP contribution < -0.4 is 0 Å². The summed E-state index contributed by atoms with van der Waals surface area (Å²) in [6.45, 7) is 0. The monoisotopic (exact) mass is 593 g/mol. The lowest BCUT2D eigenvalue weighted by Crippen LogP contribution is -1.96. The van der Waals surface area contributed by atoms with Gasteiger partial charge in [0.15, 0.2) is 5.82 Å². The molecular weight excluding hydrogens is 571 g/mol. The number of furan rings is 1. The molecule has 0 aliphatic carbocycles. The number of nitrogens with zero attached hydrogens (tertiary/aromatic N) is 3. The van der Waals surface area contributed by atoms with Gasteiger partial charge in [-0.1, -0.05) is 97.1 Å². The van der Waals surface area contributed by atoms with Crippen LogP contribution in [0.3, 0.4) is 0 Å². The second-order valence-corrected chi connectivity index (χ2v) is 12.5. The summed E-state index contributed by atoms with van der Waals surface area (Å²) in [5, 5.41) is 7.10. The summed E-state index contributed by atoms with van der Waals surface area (Å²) >= 11 is 1.86. The Morgan fingerprint density at radius 3 is 2.11 bits per heavy atom. The summed E-state index contributed by atoms with van der Waals surface area (Å²) in [4.78, 5) is 9.99. The van der Waals surface area contributed by atoms with Crippen LogP contribution in [-0.2, 0) is 0 Å². The van der Waals surface area contributed by atoms with E-state index in [1.807, 2.05) is 59.9 Å². The summed E-state index contributed by atoms with van der Waals surface area (Å²) in [7, 11) is 0. The SMILES string of the molecule is c1ccc(-c2nc(-c3ccc(-n4c5ccccc5c5cc6c(cc54)sc4ccccc46)cc3)c3c(n2)oc2ccccc23)cc1. The van der Waals surface area contributed by atoms with E-state index in [9.17, 15) is 0 Å². The highest BCUT2D eigenvalue weighted by Crippen LogP contribution is 2.41. The van der Waals surface area contributed by atoms with E-state index in [2.05, 4.69) is 95.6 Å². The van der Waals surface area contributed by atoms with Crippen LogP contribution in [0, 0.1) is 0 Å². The molecule has 45 heavy (non-hydrogen) atoms. The number of fused-ring (bicyclic) bond motifs is 9. The third kappa shape index (κ3) is 3.65. The molecule has 10 aromatic rings. The molecule has 10 rings (SSSR count). The summed E-state index contributed by atoms with van der Waals surface area (Å²) in [5.74, 6) is 0.649. The van der Waals surface area contributed by atoms with Crippen molar-refractivity contribution in [3.8, 4) is 28.3 Å². The van der Waals surface area contributed by atoms with E-state index in [1.54, 1.807) is 0 Å². The van der Waals surface area contributed by atoms with Gasteiger partial charge < -0.3 is 8.98 Å². The molecule has 0 aliphatic heterocycles. The minimum absolute atomic E-state index is 0.596. The molecule has 0 N–H and O–H groups in total. The van der Waals surface area contributed by atoms with E-state index in [0.717, 1.165) is 38.9 Å². The van der Waals surface area contributed by atoms with Crippen LogP contribution in [0.15, 0.2) is 144 Å². The zero-order valence-corrected chi connectivity index (χ0v) is 24.8. The van der Waals surface area contributed by atoms with Crippen molar-refractivity contribution in [2.24, 2.45) is 0 Å². The van der Waals surface area contributed by atoms with E-state index >= 15 is 0 Å². The molecule has 0 radical (unpaired) electrons. The lowest BCUT2D eigenvalue weighted by molar-refractivity contribution is 0.653. The van der Waals surface area contributed by atoms with Crippen LogP contribution in [0.25, 0.3) is 92.4 Å². The molecule has 0 aliphatic rings. The zero-order valence-electron chi connectivity index (χ0n) is 23.9. The van der Waals surface area contributed by atoms with E-state index in [1.165, 1.54) is 42.0 Å². The smallest absolute Gasteiger partial charge is 0.231 e. The highest BCUT2D eigenvalue weighted by molar-refractivity contribution is 7.25. The summed E-state index contributed by atoms with van der Waals surface area (Å²) in [6.07, 6.45) is 0. The zero-order chi connectivity index (χ0) is 29.5. The van der Waals surface area contributed by atoms with E-state index in [-0.39, 0.29) is 0 Å². The van der Waals surface area contributed by atoms with Gasteiger partial charge in [-0.15, -0.1) is 11.3 Å². The summed E-state index contributed by atoms with van der Waals surface area (Å²) in [6, 6.07) is 49.1. The predicted molar refractivity (Wildman–Crippen MR) is 187 cm³/mol. The lowest BCUT2D eigenvalue weighted by atomic mass is 10.0. The number of para-hydroxylation sites is 2. The highest BCUT2D eigenvalue weighted by Gasteiger charge is 2.19. The van der Waals surface area contributed by atoms with Crippen molar-refractivity contribution in [1.29, 1.82) is 0 Å². The maximum atomic E-state index is 6.26. The molecule has 6 aromatic carbocycles. The van der Waals surface area contributed by atoms with Crippen LogP contribution in [0.5, 0.6) is 0 Å². The van der Waals surface area contributed by atoms with Gasteiger partial charge in [-0.25, -0.2) is 4.98 Å². The van der Waals surface area contributed by atoms with Crippen LogP contribution >= 0.6 is 11.3 Å². The van der Waals surface area contributed by atoms with Gasteiger partial charge in [-0.2, -0.15) is 4.98 Å². The molecule has 5 heteroatoms. The van der Waals surface area contributed by atoms with Crippen molar-refractivity contribution in [3.05, 3.63) is 140 Å². The molecular formula is C40H23N3OS. The van der Waals surface area contributed by atoms with Gasteiger partial charge in [-0.3, -0.25) is 0 Å². The first kappa shape index (κ1) is 24.6. The van der Waals surface area contributed by atoms with Gasteiger partial charge in [0.25, 0.3) is 0 Å². The number of benzene rings is 6. The van der Waals surface area contributed by atoms with E-state index < -0.39 is 0 Å². The molecule has 0 atom stereocenters. The second-order valence-electron chi connectivity index (χ2n) is 11.4. The van der Waals surface area contributed by atoms with E-state index in [0.29, 0.717) is 11.5 Å². The van der Waals surface area contributed by atoms with Crippen LogP contribution in [0.1, 0.15) is 0 Å². The van der Waals surface area contributed by atoms with Crippen LogP contribution in [0.2, 0.25) is 0 Å². The Bertz CT molecular complexity index is 2750. The van der Waals surface area contributed by atoms with Crippen LogP contribution in [0.4, 0.5) is 0 Å². The average Bonchev–Trinajstić information content (AvgIpc) is 3.76. The second kappa shape index (κ2) is 9.36. The van der Waals surface area contributed by atoms with Gasteiger partial charge >= 0.3 is 0 Å². The van der Waals surface area contributed by atoms with Crippen LogP contribution in [-0.4, -0.2) is 14.5 Å². The maximum Gasteiger partial charge on any atom is 0.231 e. The van der Waals surface area contributed by atoms with Gasteiger partial charge in [0.1, 0.15) is 5.58 Å². The summed E-state index contributed by atoms with van der Waals surface area (Å²) in [5.41, 5.74) is 7.75. The summed E-state index contributed by atoms with van der Waals surface area (Å²) < 4.78 is 11.3. The molecule has 0 saturated carbocycles. The highest BCUT2D eigenvalue weighted by atomic mass is 32.1. The fourth-order valence-corrected chi connectivity index (χ4v) is 7.90. The Kier molecular flexibility index (Phi) is 5.12. The number of aromatic nitrogens is 3. The Hall–Kier alpha value is -5.78. The quantitative estimate of drug-likeness (QED) is 0.205. The lowest BCUT2D eigenvalue weighted by Gasteiger charge is -2.10. The third-order valence-electron chi connectivity index (χ3n) is 8.84. The largest absolute Gasteiger partial charge is 0.438 e. The van der Waals surface area contributed by atoms with Gasteiger partial charge in [0.2, 0.25) is 5.71 Å². The van der Waals surface area contributed by atoms with Gasteiger partial charge in [-0.05, 0) is 42.5 Å². The Balaban J connectivity index is 1.19. The first-order valence-corrected chi connectivity index (χ1v) is 15.8. The minimum atomic E-state index is 0.596. The molecule has 4 aromatic heterocycles. The molecule has 0 spiro atoms. The molecule has 0 fully saturated rings. The average molecular weight is 594 g/mol. The Morgan fingerprint density at radius 2 is 1.24 bits per heavy atom. The maximum absolute atomic E-state index is 6.26. The van der Waals surface area contributed by atoms with Gasteiger partial charge in [0, 0.05) is 53.1 Å². The number of hydrogen-bond acceptors (Lipinski definition) is 4. The number of hydrogen-bond donors (Lipinski definition) is 0. The molecule has 4 nitrogen and oxygen atoms in total. The standard InChI is InChI=1S/C40H23N3OS/c1-2-10-25(11-3-1)39-41-38(37-29-14-5-8-16-34(29)44-40(37)42-39)24-18-20-26(21-19-24)43-32-15-7-4-12-27(32)30-22-31-28-13-6-9-17-35(28)45-36(31)23-33(30)43/h1-23H.